The van der Waals surface area contributed by atoms with Crippen LogP contribution in [0.4, 0.5) is 11.4 Å². The average Bonchev–Trinajstić information content (AvgIpc) is 3.50. The van der Waals surface area contributed by atoms with Gasteiger partial charge in [0.1, 0.15) is 18.1 Å². The smallest absolute Gasteiger partial charge is 0.291 e. The lowest BCUT2D eigenvalue weighted by Crippen LogP contribution is -2.17. The molecule has 0 fully saturated rings. The second kappa shape index (κ2) is 10.9. The third kappa shape index (κ3) is 5.83. The number of hydrogen-bond acceptors (Lipinski definition) is 5. The molecule has 8 heteroatoms. The Morgan fingerprint density at radius 3 is 2.53 bits per heavy atom. The number of nitrogens with one attached hydrogen (secondary N) is 2. The van der Waals surface area contributed by atoms with E-state index in [0.29, 0.717) is 29.6 Å². The van der Waals surface area contributed by atoms with Crippen molar-refractivity contribution in [3.63, 3.8) is 0 Å². The number of aryl methyl sites for hydroxylation is 2. The van der Waals surface area contributed by atoms with Gasteiger partial charge in [-0.1, -0.05) is 44.2 Å². The summed E-state index contributed by atoms with van der Waals surface area (Å²) in [5.41, 5.74) is 3.26. The Balaban J connectivity index is 1.45. The highest BCUT2D eigenvalue weighted by Crippen LogP contribution is 2.28. The SMILES string of the molecule is CCn1cc(NC(=O)c2ccc(COc3cc(C)ccc3C(C)C)o2)c(C(=O)Nc2ccccc2)n1. The zero-order chi connectivity index (χ0) is 25.7. The third-order valence-electron chi connectivity index (χ3n) is 5.63. The maximum absolute atomic E-state index is 12.9. The quantitative estimate of drug-likeness (QED) is 0.302. The van der Waals surface area contributed by atoms with E-state index in [-0.39, 0.29) is 18.1 Å². The van der Waals surface area contributed by atoms with Crippen molar-refractivity contribution in [1.82, 2.24) is 9.78 Å². The standard InChI is InChI=1S/C28H30N4O4/c1-5-32-16-23(26(31-32)28(34)29-20-9-7-6-8-10-20)30-27(33)24-14-12-21(36-24)17-35-25-15-19(4)11-13-22(25)18(2)3/h6-16,18H,5,17H2,1-4H3,(H,29,34)(H,30,33). The molecule has 36 heavy (non-hydrogen) atoms. The van der Waals surface area contributed by atoms with Gasteiger partial charge in [0.2, 0.25) is 0 Å². The molecule has 186 valence electrons. The van der Waals surface area contributed by atoms with Crippen LogP contribution in [0.1, 0.15) is 64.6 Å². The lowest BCUT2D eigenvalue weighted by molar-refractivity contribution is 0.0992. The summed E-state index contributed by atoms with van der Waals surface area (Å²) in [7, 11) is 0. The van der Waals surface area contributed by atoms with Crippen LogP contribution in [0.15, 0.2) is 71.3 Å². The molecule has 0 saturated carbocycles. The molecule has 2 aromatic heterocycles. The summed E-state index contributed by atoms with van der Waals surface area (Å²) < 4.78 is 13.3. The summed E-state index contributed by atoms with van der Waals surface area (Å²) in [5, 5.41) is 9.85. The summed E-state index contributed by atoms with van der Waals surface area (Å²) >= 11 is 0. The Hall–Kier alpha value is -4.33. The number of carbonyl (C=O) groups is 2. The number of anilines is 2. The van der Waals surface area contributed by atoms with Crippen LogP contribution in [0.2, 0.25) is 0 Å². The number of benzene rings is 2. The molecule has 0 aliphatic heterocycles. The van der Waals surface area contributed by atoms with Crippen molar-refractivity contribution in [2.75, 3.05) is 10.6 Å². The molecule has 0 bridgehead atoms. The number of hydrogen-bond donors (Lipinski definition) is 2. The van der Waals surface area contributed by atoms with Gasteiger partial charge in [-0.3, -0.25) is 14.3 Å². The van der Waals surface area contributed by atoms with E-state index < -0.39 is 11.8 Å². The molecular formula is C28H30N4O4. The van der Waals surface area contributed by atoms with Crippen LogP contribution < -0.4 is 15.4 Å². The van der Waals surface area contributed by atoms with Crippen molar-refractivity contribution in [3.8, 4) is 5.75 Å². The molecule has 0 aliphatic carbocycles. The van der Waals surface area contributed by atoms with Gasteiger partial charge in [-0.25, -0.2) is 0 Å². The lowest BCUT2D eigenvalue weighted by Gasteiger charge is -2.14. The third-order valence-corrected chi connectivity index (χ3v) is 5.63. The minimum Gasteiger partial charge on any atom is -0.485 e. The predicted molar refractivity (Wildman–Crippen MR) is 139 cm³/mol. The van der Waals surface area contributed by atoms with E-state index in [2.05, 4.69) is 41.7 Å². The van der Waals surface area contributed by atoms with E-state index >= 15 is 0 Å². The van der Waals surface area contributed by atoms with Crippen LogP contribution in [0, 0.1) is 6.92 Å². The first-order chi connectivity index (χ1) is 17.3. The van der Waals surface area contributed by atoms with Crippen molar-refractivity contribution in [3.05, 3.63) is 95.2 Å². The minimum atomic E-state index is -0.482. The molecule has 4 rings (SSSR count). The Labute approximate surface area is 210 Å². The first-order valence-corrected chi connectivity index (χ1v) is 11.9. The molecule has 8 nitrogen and oxygen atoms in total. The van der Waals surface area contributed by atoms with Gasteiger partial charge in [-0.2, -0.15) is 5.10 Å². The topological polar surface area (TPSA) is 98.4 Å². The number of carbonyl (C=O) groups excluding carboxylic acids is 2. The fraction of sp³-hybridized carbons (Fsp3) is 0.250. The van der Waals surface area contributed by atoms with E-state index in [1.165, 1.54) is 0 Å². The number of rotatable bonds is 9. The molecule has 0 saturated heterocycles. The summed E-state index contributed by atoms with van der Waals surface area (Å²) in [5.74, 6) is 0.841. The largest absolute Gasteiger partial charge is 0.485 e. The van der Waals surface area contributed by atoms with Crippen molar-refractivity contribution in [2.24, 2.45) is 0 Å². The van der Waals surface area contributed by atoms with Crippen molar-refractivity contribution < 1.29 is 18.7 Å². The van der Waals surface area contributed by atoms with Gasteiger partial charge in [0.25, 0.3) is 11.8 Å². The Bertz CT molecular complexity index is 1360. The lowest BCUT2D eigenvalue weighted by atomic mass is 10.0. The number of furan rings is 1. The van der Waals surface area contributed by atoms with E-state index in [0.717, 1.165) is 16.9 Å². The first kappa shape index (κ1) is 24.8. The number of aromatic nitrogens is 2. The molecule has 2 amide bonds. The van der Waals surface area contributed by atoms with Gasteiger partial charge in [0.05, 0.1) is 5.69 Å². The molecule has 0 radical (unpaired) electrons. The van der Waals surface area contributed by atoms with Gasteiger partial charge in [0, 0.05) is 18.4 Å². The highest BCUT2D eigenvalue weighted by molar-refractivity contribution is 6.10. The molecule has 2 heterocycles. The molecule has 0 spiro atoms. The maximum atomic E-state index is 12.9. The van der Waals surface area contributed by atoms with Crippen LogP contribution in [0.5, 0.6) is 5.75 Å². The molecule has 2 N–H and O–H groups in total. The van der Waals surface area contributed by atoms with Crippen LogP contribution in [0.3, 0.4) is 0 Å². The van der Waals surface area contributed by atoms with Crippen LogP contribution in [-0.2, 0) is 13.2 Å². The van der Waals surface area contributed by atoms with Gasteiger partial charge >= 0.3 is 0 Å². The summed E-state index contributed by atoms with van der Waals surface area (Å²) in [4.78, 5) is 25.7. The van der Waals surface area contributed by atoms with Gasteiger partial charge in [-0.05, 0) is 61.2 Å². The number of ether oxygens (including phenoxy) is 1. The number of nitrogens with zero attached hydrogens (tertiary/aromatic N) is 2. The summed E-state index contributed by atoms with van der Waals surface area (Å²) in [6, 6.07) is 18.5. The molecule has 4 aromatic rings. The van der Waals surface area contributed by atoms with Crippen molar-refractivity contribution in [2.45, 2.75) is 46.8 Å². The fourth-order valence-corrected chi connectivity index (χ4v) is 3.71. The van der Waals surface area contributed by atoms with Gasteiger partial charge in [0.15, 0.2) is 11.5 Å². The number of para-hydroxylation sites is 1. The van der Waals surface area contributed by atoms with Crippen LogP contribution in [-0.4, -0.2) is 21.6 Å². The molecular weight excluding hydrogens is 456 g/mol. The van der Waals surface area contributed by atoms with E-state index in [4.69, 9.17) is 9.15 Å². The van der Waals surface area contributed by atoms with Gasteiger partial charge in [-0.15, -0.1) is 0 Å². The minimum absolute atomic E-state index is 0.112. The highest BCUT2D eigenvalue weighted by Gasteiger charge is 2.21. The number of amides is 2. The van der Waals surface area contributed by atoms with Gasteiger partial charge < -0.3 is 19.8 Å². The average molecular weight is 487 g/mol. The zero-order valence-corrected chi connectivity index (χ0v) is 20.9. The molecule has 0 unspecified atom stereocenters. The van der Waals surface area contributed by atoms with E-state index in [1.54, 1.807) is 35.1 Å². The Morgan fingerprint density at radius 1 is 1.03 bits per heavy atom. The van der Waals surface area contributed by atoms with Crippen molar-refractivity contribution >= 4 is 23.2 Å². The normalized spacial score (nSPS) is 10.9. The second-order valence-corrected chi connectivity index (χ2v) is 8.77. The van der Waals surface area contributed by atoms with E-state index in [9.17, 15) is 9.59 Å². The molecule has 0 atom stereocenters. The zero-order valence-electron chi connectivity index (χ0n) is 20.9. The Kier molecular flexibility index (Phi) is 7.53. The molecule has 2 aromatic carbocycles. The Morgan fingerprint density at radius 2 is 1.81 bits per heavy atom. The van der Waals surface area contributed by atoms with Crippen LogP contribution in [0.25, 0.3) is 0 Å². The monoisotopic (exact) mass is 486 g/mol. The second-order valence-electron chi connectivity index (χ2n) is 8.77. The predicted octanol–water partition coefficient (Wildman–Crippen LogP) is 6.01. The first-order valence-electron chi connectivity index (χ1n) is 11.9. The highest BCUT2D eigenvalue weighted by atomic mass is 16.5. The van der Waals surface area contributed by atoms with Crippen LogP contribution >= 0.6 is 0 Å². The van der Waals surface area contributed by atoms with E-state index in [1.807, 2.05) is 38.1 Å². The summed E-state index contributed by atoms with van der Waals surface area (Å²) in [6.45, 7) is 8.87. The molecule has 0 aliphatic rings. The maximum Gasteiger partial charge on any atom is 0.291 e. The summed E-state index contributed by atoms with van der Waals surface area (Å²) in [6.07, 6.45) is 1.62. The van der Waals surface area contributed by atoms with Crippen molar-refractivity contribution in [1.29, 1.82) is 0 Å². The fourth-order valence-electron chi connectivity index (χ4n) is 3.71.